The first-order valence-corrected chi connectivity index (χ1v) is 9.09. The van der Waals surface area contributed by atoms with Gasteiger partial charge in [-0.15, -0.1) is 6.42 Å². The Bertz CT molecular complexity index is 1220. The molecule has 0 amide bonds. The summed E-state index contributed by atoms with van der Waals surface area (Å²) < 4.78 is 5.91. The quantitative estimate of drug-likeness (QED) is 0.396. The van der Waals surface area contributed by atoms with Crippen LogP contribution in [0.3, 0.4) is 0 Å². The second-order valence-electron chi connectivity index (χ2n) is 5.93. The lowest BCUT2D eigenvalue weighted by Crippen LogP contribution is -1.96. The number of hydrogen-bond donors (Lipinski definition) is 1. The van der Waals surface area contributed by atoms with E-state index >= 15 is 0 Å². The smallest absolute Gasteiger partial charge is 0.141 e. The minimum atomic E-state index is 0.430. The topological polar surface area (TPSA) is 47.0 Å². The molecule has 4 rings (SSSR count). The van der Waals surface area contributed by atoms with Gasteiger partial charge in [-0.1, -0.05) is 35.2 Å². The van der Waals surface area contributed by atoms with Crippen LogP contribution in [0.2, 0.25) is 10.0 Å². The van der Waals surface area contributed by atoms with Crippen LogP contribution in [0.4, 0.5) is 11.5 Å². The van der Waals surface area contributed by atoms with Crippen molar-refractivity contribution in [1.29, 1.82) is 0 Å². The zero-order valence-corrected chi connectivity index (χ0v) is 16.0. The fraction of sp³-hybridized carbons (Fsp3) is 0. The average molecular weight is 406 g/mol. The van der Waals surface area contributed by atoms with Gasteiger partial charge < -0.3 is 10.1 Å². The largest absolute Gasteiger partial charge is 0.457 e. The molecule has 1 aromatic heterocycles. The molecule has 0 spiro atoms. The molecule has 1 heterocycles. The number of nitrogens with zero attached hydrogens (tertiary/aromatic N) is 2. The van der Waals surface area contributed by atoms with Crippen molar-refractivity contribution in [1.82, 2.24) is 9.97 Å². The Morgan fingerprint density at radius 3 is 2.54 bits per heavy atom. The zero-order chi connectivity index (χ0) is 19.5. The Morgan fingerprint density at radius 1 is 0.893 bits per heavy atom. The van der Waals surface area contributed by atoms with Crippen LogP contribution in [-0.4, -0.2) is 9.97 Å². The molecule has 6 heteroatoms. The second kappa shape index (κ2) is 7.77. The average Bonchev–Trinajstić information content (AvgIpc) is 2.71. The molecule has 28 heavy (non-hydrogen) atoms. The van der Waals surface area contributed by atoms with E-state index in [-0.39, 0.29) is 0 Å². The van der Waals surface area contributed by atoms with Crippen molar-refractivity contribution in [3.05, 3.63) is 82.6 Å². The minimum Gasteiger partial charge on any atom is -0.457 e. The number of nitrogens with one attached hydrogen (secondary N) is 1. The molecule has 136 valence electrons. The zero-order valence-electron chi connectivity index (χ0n) is 14.5. The highest BCUT2D eigenvalue weighted by molar-refractivity contribution is 6.42. The first-order chi connectivity index (χ1) is 13.6. The van der Waals surface area contributed by atoms with Gasteiger partial charge in [0.2, 0.25) is 0 Å². The molecular formula is C22H13Cl2N3O. The summed E-state index contributed by atoms with van der Waals surface area (Å²) in [7, 11) is 0. The van der Waals surface area contributed by atoms with Gasteiger partial charge in [0, 0.05) is 22.7 Å². The van der Waals surface area contributed by atoms with E-state index in [2.05, 4.69) is 21.2 Å². The molecule has 0 unspecified atom stereocenters. The third-order valence-corrected chi connectivity index (χ3v) is 4.76. The summed E-state index contributed by atoms with van der Waals surface area (Å²) in [4.78, 5) is 8.68. The maximum absolute atomic E-state index is 6.06. The van der Waals surface area contributed by atoms with Crippen LogP contribution in [0.25, 0.3) is 10.9 Å². The highest BCUT2D eigenvalue weighted by Crippen LogP contribution is 2.32. The van der Waals surface area contributed by atoms with Gasteiger partial charge in [0.05, 0.1) is 15.6 Å². The van der Waals surface area contributed by atoms with Crippen molar-refractivity contribution in [2.45, 2.75) is 0 Å². The van der Waals surface area contributed by atoms with E-state index in [4.69, 9.17) is 34.4 Å². The van der Waals surface area contributed by atoms with Crippen molar-refractivity contribution in [3.63, 3.8) is 0 Å². The number of aromatic nitrogens is 2. The molecule has 0 radical (unpaired) electrons. The van der Waals surface area contributed by atoms with Crippen LogP contribution in [0.1, 0.15) is 5.56 Å². The second-order valence-corrected chi connectivity index (χ2v) is 6.74. The van der Waals surface area contributed by atoms with Gasteiger partial charge in [-0.3, -0.25) is 0 Å². The lowest BCUT2D eigenvalue weighted by Gasteiger charge is -2.11. The number of anilines is 2. The molecular weight excluding hydrogens is 393 g/mol. The Balaban J connectivity index is 1.69. The van der Waals surface area contributed by atoms with E-state index in [1.54, 1.807) is 18.2 Å². The Hall–Kier alpha value is -3.26. The van der Waals surface area contributed by atoms with Crippen molar-refractivity contribution < 1.29 is 4.74 Å². The van der Waals surface area contributed by atoms with Crippen LogP contribution in [0.5, 0.6) is 11.5 Å². The van der Waals surface area contributed by atoms with Crippen molar-refractivity contribution in [2.75, 3.05) is 5.32 Å². The maximum atomic E-state index is 6.06. The molecule has 0 saturated carbocycles. The van der Waals surface area contributed by atoms with E-state index < -0.39 is 0 Å². The van der Waals surface area contributed by atoms with Crippen LogP contribution in [0, 0.1) is 12.3 Å². The number of rotatable bonds is 4. The normalized spacial score (nSPS) is 10.5. The van der Waals surface area contributed by atoms with Gasteiger partial charge in [0.25, 0.3) is 0 Å². The standard InChI is InChI=1S/C22H13Cl2N3O/c1-2-14-4-3-5-15(10-14)27-22-18-11-16(7-9-21(18)25-13-26-22)28-17-6-8-19(23)20(24)12-17/h1,3-13H,(H,25,26,27). The number of benzene rings is 3. The van der Waals surface area contributed by atoms with Gasteiger partial charge in [0.1, 0.15) is 23.6 Å². The number of ether oxygens (including phenoxy) is 1. The summed E-state index contributed by atoms with van der Waals surface area (Å²) in [6.07, 6.45) is 6.99. The molecule has 0 saturated heterocycles. The third-order valence-electron chi connectivity index (χ3n) is 4.03. The summed E-state index contributed by atoms with van der Waals surface area (Å²) in [5.41, 5.74) is 2.41. The van der Waals surface area contributed by atoms with E-state index in [0.717, 1.165) is 22.2 Å². The van der Waals surface area contributed by atoms with Gasteiger partial charge >= 0.3 is 0 Å². The summed E-state index contributed by atoms with van der Waals surface area (Å²) in [6, 6.07) is 18.2. The van der Waals surface area contributed by atoms with E-state index in [1.165, 1.54) is 6.33 Å². The first-order valence-electron chi connectivity index (χ1n) is 8.34. The summed E-state index contributed by atoms with van der Waals surface area (Å²) >= 11 is 12.0. The molecule has 0 aliphatic heterocycles. The Morgan fingerprint density at radius 2 is 1.71 bits per heavy atom. The van der Waals surface area contributed by atoms with E-state index in [1.807, 2.05) is 42.5 Å². The fourth-order valence-electron chi connectivity index (χ4n) is 2.70. The molecule has 0 aliphatic carbocycles. The predicted octanol–water partition coefficient (Wildman–Crippen LogP) is 6.45. The number of terminal acetylenes is 1. The van der Waals surface area contributed by atoms with E-state index in [9.17, 15) is 0 Å². The molecule has 0 aliphatic rings. The van der Waals surface area contributed by atoms with Crippen LogP contribution >= 0.6 is 23.2 Å². The predicted molar refractivity (Wildman–Crippen MR) is 114 cm³/mol. The first kappa shape index (κ1) is 18.1. The molecule has 4 nitrogen and oxygen atoms in total. The van der Waals surface area contributed by atoms with Crippen LogP contribution in [0.15, 0.2) is 67.0 Å². The van der Waals surface area contributed by atoms with Crippen LogP contribution in [-0.2, 0) is 0 Å². The van der Waals surface area contributed by atoms with E-state index in [0.29, 0.717) is 27.4 Å². The molecule has 4 aromatic rings. The molecule has 0 fully saturated rings. The highest BCUT2D eigenvalue weighted by atomic mass is 35.5. The highest BCUT2D eigenvalue weighted by Gasteiger charge is 2.08. The van der Waals surface area contributed by atoms with Crippen molar-refractivity contribution in [3.8, 4) is 23.8 Å². The summed E-state index contributed by atoms with van der Waals surface area (Å²) in [6.45, 7) is 0. The Labute approximate surface area is 172 Å². The SMILES string of the molecule is C#Cc1cccc(Nc2ncnc3ccc(Oc4ccc(Cl)c(Cl)c4)cc23)c1. The minimum absolute atomic E-state index is 0.430. The van der Waals surface area contributed by atoms with Crippen LogP contribution < -0.4 is 10.1 Å². The monoisotopic (exact) mass is 405 g/mol. The molecule has 0 bridgehead atoms. The van der Waals surface area contributed by atoms with Gasteiger partial charge in [0.15, 0.2) is 0 Å². The third kappa shape index (κ3) is 3.86. The lowest BCUT2D eigenvalue weighted by molar-refractivity contribution is 0.483. The molecule has 3 aromatic carbocycles. The Kier molecular flexibility index (Phi) is 5.03. The van der Waals surface area contributed by atoms with Gasteiger partial charge in [-0.2, -0.15) is 0 Å². The van der Waals surface area contributed by atoms with Crippen molar-refractivity contribution in [2.24, 2.45) is 0 Å². The van der Waals surface area contributed by atoms with Gasteiger partial charge in [-0.25, -0.2) is 9.97 Å². The number of halogens is 2. The molecule has 1 N–H and O–H groups in total. The fourth-order valence-corrected chi connectivity index (χ4v) is 2.99. The van der Waals surface area contributed by atoms with Gasteiger partial charge in [-0.05, 0) is 48.5 Å². The maximum Gasteiger partial charge on any atom is 0.141 e. The summed E-state index contributed by atoms with van der Waals surface area (Å²) in [5, 5.41) is 5.00. The molecule has 0 atom stereocenters. The number of hydrogen-bond acceptors (Lipinski definition) is 4. The van der Waals surface area contributed by atoms with Crippen molar-refractivity contribution >= 4 is 45.6 Å². The lowest BCUT2D eigenvalue weighted by atomic mass is 10.2. The summed E-state index contributed by atoms with van der Waals surface area (Å²) in [5.74, 6) is 4.48. The number of fused-ring (bicyclic) bond motifs is 1.